The van der Waals surface area contributed by atoms with Crippen LogP contribution in [0.4, 0.5) is 16.0 Å². The third kappa shape index (κ3) is 3.40. The second kappa shape index (κ2) is 7.34. The molecule has 1 aliphatic heterocycles. The Labute approximate surface area is 179 Å². The molecule has 2 atom stereocenters. The molecule has 4 aromatic rings. The molecule has 31 heavy (non-hydrogen) atoms. The molecule has 6 rings (SSSR count). The average Bonchev–Trinajstić information content (AvgIpc) is 3.42. The van der Waals surface area contributed by atoms with Gasteiger partial charge in [-0.15, -0.1) is 0 Å². The molecule has 156 valence electrons. The largest absolute Gasteiger partial charge is 0.366 e. The zero-order chi connectivity index (χ0) is 20.8. The third-order valence-corrected chi connectivity index (χ3v) is 6.39. The van der Waals surface area contributed by atoms with Gasteiger partial charge in [0, 0.05) is 30.0 Å². The number of nitrogens with zero attached hydrogens (tertiary/aromatic N) is 5. The number of anilines is 2. The van der Waals surface area contributed by atoms with Gasteiger partial charge in [-0.3, -0.25) is 0 Å². The lowest BCUT2D eigenvalue weighted by atomic mass is 10.0. The van der Waals surface area contributed by atoms with E-state index in [4.69, 9.17) is 0 Å². The van der Waals surface area contributed by atoms with E-state index in [0.29, 0.717) is 23.9 Å². The Morgan fingerprint density at radius 3 is 2.48 bits per heavy atom. The van der Waals surface area contributed by atoms with E-state index in [1.165, 1.54) is 30.7 Å². The summed E-state index contributed by atoms with van der Waals surface area (Å²) >= 11 is 0. The lowest BCUT2D eigenvalue weighted by Gasteiger charge is -2.30. The summed E-state index contributed by atoms with van der Waals surface area (Å²) in [5, 5.41) is 9.20. The second-order valence-electron chi connectivity index (χ2n) is 8.41. The van der Waals surface area contributed by atoms with Crippen molar-refractivity contribution >= 4 is 22.5 Å². The molecule has 2 aromatic heterocycles. The van der Waals surface area contributed by atoms with E-state index in [0.717, 1.165) is 29.6 Å². The van der Waals surface area contributed by atoms with Gasteiger partial charge in [0.05, 0.1) is 29.5 Å². The van der Waals surface area contributed by atoms with Crippen LogP contribution < -0.4 is 10.2 Å². The molecule has 0 spiro atoms. The zero-order valence-electron chi connectivity index (χ0n) is 17.0. The van der Waals surface area contributed by atoms with Crippen molar-refractivity contribution in [2.45, 2.75) is 31.3 Å². The van der Waals surface area contributed by atoms with Gasteiger partial charge in [0.15, 0.2) is 0 Å². The molecule has 1 aliphatic carbocycles. The van der Waals surface area contributed by atoms with E-state index in [1.54, 1.807) is 24.5 Å². The van der Waals surface area contributed by atoms with Crippen LogP contribution in [0.2, 0.25) is 0 Å². The number of aromatic nitrogens is 4. The fraction of sp³-hybridized carbons (Fsp3) is 0.292. The van der Waals surface area contributed by atoms with Crippen molar-refractivity contribution in [1.29, 1.82) is 0 Å². The Morgan fingerprint density at radius 1 is 0.935 bits per heavy atom. The minimum Gasteiger partial charge on any atom is -0.366 e. The first kappa shape index (κ1) is 18.3. The van der Waals surface area contributed by atoms with Crippen molar-refractivity contribution in [2.75, 3.05) is 16.8 Å². The lowest BCUT2D eigenvalue weighted by Crippen LogP contribution is -2.40. The highest BCUT2D eigenvalue weighted by atomic mass is 19.1. The quantitative estimate of drug-likeness (QED) is 0.524. The van der Waals surface area contributed by atoms with E-state index in [2.05, 4.69) is 43.5 Å². The summed E-state index contributed by atoms with van der Waals surface area (Å²) in [4.78, 5) is 11.2. The maximum atomic E-state index is 13.3. The summed E-state index contributed by atoms with van der Waals surface area (Å²) in [5.41, 5.74) is 3.10. The minimum atomic E-state index is -0.244. The molecule has 0 radical (unpaired) electrons. The normalized spacial score (nSPS) is 21.0. The summed E-state index contributed by atoms with van der Waals surface area (Å²) in [5.74, 6) is 1.17. The van der Waals surface area contributed by atoms with Crippen molar-refractivity contribution in [1.82, 2.24) is 19.7 Å². The lowest BCUT2D eigenvalue weighted by molar-refractivity contribution is 0.546. The molecule has 7 heteroatoms. The number of halogens is 1. The number of fused-ring (bicyclic) bond motifs is 1. The summed E-state index contributed by atoms with van der Waals surface area (Å²) in [7, 11) is 0. The van der Waals surface area contributed by atoms with Gasteiger partial charge in [0.25, 0.3) is 0 Å². The van der Waals surface area contributed by atoms with Gasteiger partial charge in [-0.25, -0.2) is 19.0 Å². The van der Waals surface area contributed by atoms with Gasteiger partial charge in [-0.1, -0.05) is 0 Å². The Kier molecular flexibility index (Phi) is 4.33. The van der Waals surface area contributed by atoms with Crippen LogP contribution in [-0.4, -0.2) is 38.4 Å². The van der Waals surface area contributed by atoms with Gasteiger partial charge < -0.3 is 10.2 Å². The van der Waals surface area contributed by atoms with E-state index in [1.807, 2.05) is 16.9 Å². The third-order valence-electron chi connectivity index (χ3n) is 6.39. The predicted octanol–water partition coefficient (Wildman–Crippen LogP) is 4.42. The highest BCUT2D eigenvalue weighted by Crippen LogP contribution is 2.43. The first-order chi connectivity index (χ1) is 15.3. The summed E-state index contributed by atoms with van der Waals surface area (Å²) in [6.45, 7) is 1.00. The molecule has 2 unspecified atom stereocenters. The molecule has 6 nitrogen and oxygen atoms in total. The van der Waals surface area contributed by atoms with Gasteiger partial charge in [0.1, 0.15) is 5.82 Å². The Balaban J connectivity index is 1.29. The molecule has 0 amide bonds. The van der Waals surface area contributed by atoms with E-state index in [9.17, 15) is 4.39 Å². The standard InChI is InChI=1S/C24H23FN6/c25-18-4-6-19(7-5-18)31-22-9-8-20(14-17(22)15-28-31)30-13-10-21(23(30)16-2-3-16)29-24-26-11-1-12-27-24/h1,4-9,11-12,14-16,21,23H,2-3,10,13H2,(H,26,27,29). The topological polar surface area (TPSA) is 58.9 Å². The first-order valence-electron chi connectivity index (χ1n) is 10.8. The second-order valence-corrected chi connectivity index (χ2v) is 8.41. The fourth-order valence-electron chi connectivity index (χ4n) is 4.82. The van der Waals surface area contributed by atoms with Crippen LogP contribution in [0.1, 0.15) is 19.3 Å². The molecule has 2 fully saturated rings. The van der Waals surface area contributed by atoms with Gasteiger partial charge in [-0.2, -0.15) is 5.10 Å². The minimum absolute atomic E-state index is 0.244. The number of hydrogen-bond donors (Lipinski definition) is 1. The predicted molar refractivity (Wildman–Crippen MR) is 119 cm³/mol. The van der Waals surface area contributed by atoms with Crippen molar-refractivity contribution in [3.63, 3.8) is 0 Å². The molecule has 1 saturated carbocycles. The number of hydrogen-bond acceptors (Lipinski definition) is 5. The molecule has 3 heterocycles. The SMILES string of the molecule is Fc1ccc(-n2ncc3cc(N4CCC(Nc5ncccn5)C4C4CC4)ccc32)cc1. The summed E-state index contributed by atoms with van der Waals surface area (Å²) in [6, 6.07) is 15.6. The van der Waals surface area contributed by atoms with Crippen LogP contribution in [0.25, 0.3) is 16.6 Å². The molecule has 1 saturated heterocycles. The van der Waals surface area contributed by atoms with Crippen LogP contribution in [0, 0.1) is 11.7 Å². The van der Waals surface area contributed by atoms with Crippen molar-refractivity contribution in [3.8, 4) is 5.69 Å². The molecule has 1 N–H and O–H groups in total. The smallest absolute Gasteiger partial charge is 0.222 e. The van der Waals surface area contributed by atoms with Crippen LogP contribution in [-0.2, 0) is 0 Å². The van der Waals surface area contributed by atoms with Gasteiger partial charge >= 0.3 is 0 Å². The molecular weight excluding hydrogens is 391 g/mol. The highest BCUT2D eigenvalue weighted by Gasteiger charge is 2.44. The van der Waals surface area contributed by atoms with Crippen LogP contribution in [0.3, 0.4) is 0 Å². The zero-order valence-corrected chi connectivity index (χ0v) is 17.0. The van der Waals surface area contributed by atoms with Crippen LogP contribution in [0.15, 0.2) is 67.1 Å². The van der Waals surface area contributed by atoms with Crippen LogP contribution in [0.5, 0.6) is 0 Å². The maximum absolute atomic E-state index is 13.3. The van der Waals surface area contributed by atoms with Crippen molar-refractivity contribution < 1.29 is 4.39 Å². The van der Waals surface area contributed by atoms with E-state index < -0.39 is 0 Å². The first-order valence-corrected chi connectivity index (χ1v) is 10.8. The summed E-state index contributed by atoms with van der Waals surface area (Å²) < 4.78 is 15.2. The number of rotatable bonds is 5. The number of nitrogens with one attached hydrogen (secondary N) is 1. The molecule has 2 aromatic carbocycles. The Bertz CT molecular complexity index is 1200. The fourth-order valence-corrected chi connectivity index (χ4v) is 4.82. The summed E-state index contributed by atoms with van der Waals surface area (Å²) in [6.07, 6.45) is 9.06. The van der Waals surface area contributed by atoms with E-state index >= 15 is 0 Å². The Morgan fingerprint density at radius 2 is 1.71 bits per heavy atom. The molecule has 2 aliphatic rings. The number of benzene rings is 2. The van der Waals surface area contributed by atoms with Gasteiger partial charge in [0.2, 0.25) is 5.95 Å². The van der Waals surface area contributed by atoms with Gasteiger partial charge in [-0.05, 0) is 73.7 Å². The van der Waals surface area contributed by atoms with Crippen LogP contribution >= 0.6 is 0 Å². The van der Waals surface area contributed by atoms with Crippen molar-refractivity contribution in [3.05, 3.63) is 72.9 Å². The maximum Gasteiger partial charge on any atom is 0.222 e. The Hall–Kier alpha value is -3.48. The van der Waals surface area contributed by atoms with E-state index in [-0.39, 0.29) is 5.82 Å². The molecular formula is C24H23FN6. The monoisotopic (exact) mass is 414 g/mol. The van der Waals surface area contributed by atoms with Crippen molar-refractivity contribution in [2.24, 2.45) is 5.92 Å². The average molecular weight is 414 g/mol. The molecule has 0 bridgehead atoms. The highest BCUT2D eigenvalue weighted by molar-refractivity contribution is 5.84.